The summed E-state index contributed by atoms with van der Waals surface area (Å²) in [6.45, 7) is 2.20. The molecule has 2 nitrogen and oxygen atoms in total. The molecule has 0 aliphatic rings. The van der Waals surface area contributed by atoms with Crippen molar-refractivity contribution in [3.05, 3.63) is 71.8 Å². The number of hydrogen-bond donors (Lipinski definition) is 0. The van der Waals surface area contributed by atoms with E-state index in [0.29, 0.717) is 0 Å². The molecular weight excluding hydrogens is 676 g/mol. The molecule has 0 aliphatic heterocycles. The molecule has 0 heterocycles. The van der Waals surface area contributed by atoms with E-state index in [1.54, 1.807) is 0 Å². The van der Waals surface area contributed by atoms with Crippen LogP contribution in [0.3, 0.4) is 0 Å². The van der Waals surface area contributed by atoms with E-state index >= 15 is 0 Å². The van der Waals surface area contributed by atoms with Gasteiger partial charge < -0.3 is 8.97 Å². The van der Waals surface area contributed by atoms with E-state index in [-0.39, 0.29) is 95.5 Å². The predicted octanol–water partition coefficient (Wildman–Crippen LogP) is 6.31. The second-order valence-electron chi connectivity index (χ2n) is 7.87. The summed E-state index contributed by atoms with van der Waals surface area (Å²) >= 11 is 0. The molecule has 0 bridgehead atoms. The maximum Gasteiger partial charge on any atom is 0.104 e. The Balaban J connectivity index is -0.0000000538. The molecule has 0 aromatic heterocycles. The SMILES string of the molecule is C[N+](C)(C)Cc1ccccc1.C[N+](C)(C)Cc1ccccc1.Cl.Cl.Cl.Cl.Cl.Cl.[Pt]. The molecule has 29 heavy (non-hydrogen) atoms. The third kappa shape index (κ3) is 28.8. The molecule has 0 N–H and O–H groups in total. The van der Waals surface area contributed by atoms with Crippen LogP contribution in [-0.2, 0) is 34.2 Å². The Morgan fingerprint density at radius 1 is 0.448 bits per heavy atom. The number of nitrogens with zero attached hydrogens (tertiary/aromatic N) is 2. The van der Waals surface area contributed by atoms with Gasteiger partial charge in [-0.05, 0) is 0 Å². The summed E-state index contributed by atoms with van der Waals surface area (Å²) in [7, 11) is 13.2. The van der Waals surface area contributed by atoms with Gasteiger partial charge in [0.05, 0.1) is 42.3 Å². The molecule has 2 aromatic carbocycles. The normalized spacial score (nSPS) is 8.76. The quantitative estimate of drug-likeness (QED) is 0.326. The summed E-state index contributed by atoms with van der Waals surface area (Å²) in [6, 6.07) is 21.1. The Hall–Kier alpha value is 0.788. The molecule has 0 atom stereocenters. The fourth-order valence-electron chi connectivity index (χ4n) is 2.26. The molecule has 0 saturated carbocycles. The Morgan fingerprint density at radius 2 is 0.655 bits per heavy atom. The first kappa shape index (κ1) is 47.5. The van der Waals surface area contributed by atoms with E-state index in [1.807, 2.05) is 0 Å². The standard InChI is InChI=1S/2C10H16N.6ClH.Pt/c2*1-11(2,3)9-10-7-5-4-6-8-10;;;;;;;/h2*4-8H,9H2,1-3H3;6*1H;/q2*+1;;;;;;;. The average Bonchev–Trinajstić information content (AvgIpc) is 2.38. The summed E-state index contributed by atoms with van der Waals surface area (Å²) in [5, 5.41) is 0. The Kier molecular flexibility index (Phi) is 38.4. The Bertz CT molecular complexity index is 495. The van der Waals surface area contributed by atoms with Gasteiger partial charge in [0.1, 0.15) is 13.1 Å². The van der Waals surface area contributed by atoms with Gasteiger partial charge in [-0.15, -0.1) is 74.4 Å². The van der Waals surface area contributed by atoms with Crippen molar-refractivity contribution in [3.63, 3.8) is 0 Å². The van der Waals surface area contributed by atoms with Crippen molar-refractivity contribution in [3.8, 4) is 0 Å². The first-order valence-electron chi connectivity index (χ1n) is 7.84. The topological polar surface area (TPSA) is 0 Å². The van der Waals surface area contributed by atoms with Crippen molar-refractivity contribution in [2.45, 2.75) is 13.1 Å². The molecule has 0 spiro atoms. The number of quaternary nitrogens is 2. The number of benzene rings is 2. The zero-order valence-corrected chi connectivity index (χ0v) is 25.0. The zero-order valence-electron chi connectivity index (χ0n) is 17.8. The van der Waals surface area contributed by atoms with E-state index in [9.17, 15) is 0 Å². The van der Waals surface area contributed by atoms with E-state index in [2.05, 4.69) is 103 Å². The molecule has 178 valence electrons. The van der Waals surface area contributed by atoms with Crippen LogP contribution in [0.4, 0.5) is 0 Å². The van der Waals surface area contributed by atoms with Crippen LogP contribution in [0.5, 0.6) is 0 Å². The molecule has 2 aromatic rings. The molecule has 0 amide bonds. The smallest absolute Gasteiger partial charge is 0.104 e. The molecule has 9 heteroatoms. The largest absolute Gasteiger partial charge is 0.327 e. The molecule has 2 rings (SSSR count). The second kappa shape index (κ2) is 23.5. The summed E-state index contributed by atoms with van der Waals surface area (Å²) in [6.07, 6.45) is 0. The van der Waals surface area contributed by atoms with Gasteiger partial charge in [0.15, 0.2) is 0 Å². The van der Waals surface area contributed by atoms with Crippen LogP contribution in [0.15, 0.2) is 60.7 Å². The molecule has 0 aliphatic carbocycles. The summed E-state index contributed by atoms with van der Waals surface area (Å²) in [5.74, 6) is 0. The van der Waals surface area contributed by atoms with E-state index < -0.39 is 0 Å². The van der Waals surface area contributed by atoms with Gasteiger partial charge >= 0.3 is 0 Å². The van der Waals surface area contributed by atoms with Crippen LogP contribution in [0.2, 0.25) is 0 Å². The summed E-state index contributed by atoms with van der Waals surface area (Å²) < 4.78 is 1.98. The Labute approximate surface area is 230 Å². The van der Waals surface area contributed by atoms with Gasteiger partial charge in [0.2, 0.25) is 0 Å². The van der Waals surface area contributed by atoms with Crippen molar-refractivity contribution in [2.75, 3.05) is 42.3 Å². The van der Waals surface area contributed by atoms with Crippen molar-refractivity contribution in [1.29, 1.82) is 0 Å². The minimum atomic E-state index is 0. The van der Waals surface area contributed by atoms with Crippen molar-refractivity contribution >= 4 is 74.4 Å². The molecule has 0 saturated heterocycles. The van der Waals surface area contributed by atoms with Crippen LogP contribution in [-0.4, -0.2) is 51.3 Å². The first-order chi connectivity index (χ1) is 10.2. The molecular formula is C20H38Cl6N2Pt+2. The summed E-state index contributed by atoms with van der Waals surface area (Å²) in [4.78, 5) is 0. The van der Waals surface area contributed by atoms with Gasteiger partial charge in [-0.2, -0.15) is 0 Å². The molecule has 0 unspecified atom stereocenters. The average molecular weight is 714 g/mol. The van der Waals surface area contributed by atoms with Crippen molar-refractivity contribution in [1.82, 2.24) is 0 Å². The third-order valence-electron chi connectivity index (χ3n) is 3.00. The minimum absolute atomic E-state index is 0. The van der Waals surface area contributed by atoms with Crippen LogP contribution in [0.1, 0.15) is 11.1 Å². The van der Waals surface area contributed by atoms with E-state index in [4.69, 9.17) is 0 Å². The minimum Gasteiger partial charge on any atom is -0.327 e. The van der Waals surface area contributed by atoms with Gasteiger partial charge in [-0.1, -0.05) is 60.7 Å². The number of hydrogen-bond acceptors (Lipinski definition) is 0. The zero-order chi connectivity index (χ0) is 16.6. The fraction of sp³-hybridized carbons (Fsp3) is 0.400. The first-order valence-corrected chi connectivity index (χ1v) is 7.84. The van der Waals surface area contributed by atoms with E-state index in [0.717, 1.165) is 22.1 Å². The van der Waals surface area contributed by atoms with Gasteiger partial charge in [-0.3, -0.25) is 0 Å². The van der Waals surface area contributed by atoms with E-state index in [1.165, 1.54) is 11.1 Å². The van der Waals surface area contributed by atoms with Crippen LogP contribution >= 0.6 is 74.4 Å². The van der Waals surface area contributed by atoms with Crippen molar-refractivity contribution < 1.29 is 30.0 Å². The predicted molar refractivity (Wildman–Crippen MR) is 140 cm³/mol. The van der Waals surface area contributed by atoms with Crippen LogP contribution in [0.25, 0.3) is 0 Å². The van der Waals surface area contributed by atoms with Crippen LogP contribution < -0.4 is 0 Å². The maximum atomic E-state index is 2.20. The number of halogens is 6. The third-order valence-corrected chi connectivity index (χ3v) is 3.00. The maximum absolute atomic E-state index is 2.20. The van der Waals surface area contributed by atoms with Gasteiger partial charge in [0.25, 0.3) is 0 Å². The molecule has 0 radical (unpaired) electrons. The van der Waals surface area contributed by atoms with Gasteiger partial charge in [0, 0.05) is 32.2 Å². The second-order valence-corrected chi connectivity index (χ2v) is 7.87. The van der Waals surface area contributed by atoms with Gasteiger partial charge in [-0.25, -0.2) is 0 Å². The monoisotopic (exact) mass is 711 g/mol. The summed E-state index contributed by atoms with van der Waals surface area (Å²) in [5.41, 5.74) is 2.81. The number of rotatable bonds is 4. The molecule has 0 fully saturated rings. The fourth-order valence-corrected chi connectivity index (χ4v) is 2.26. The Morgan fingerprint density at radius 3 is 0.828 bits per heavy atom. The van der Waals surface area contributed by atoms with Crippen LogP contribution in [0, 0.1) is 0 Å². The van der Waals surface area contributed by atoms with Crippen molar-refractivity contribution in [2.24, 2.45) is 0 Å².